The summed E-state index contributed by atoms with van der Waals surface area (Å²) in [6, 6.07) is 8.98. The maximum absolute atomic E-state index is 11.8. The molecule has 0 saturated carbocycles. The van der Waals surface area contributed by atoms with Crippen LogP contribution in [0.15, 0.2) is 30.3 Å². The first kappa shape index (κ1) is 16.5. The number of carbonyl (C=O) groups excluding carboxylic acids is 1. The van der Waals surface area contributed by atoms with Crippen LogP contribution in [-0.4, -0.2) is 25.7 Å². The molecule has 0 aromatic heterocycles. The van der Waals surface area contributed by atoms with E-state index in [9.17, 15) is 13.6 Å². The van der Waals surface area contributed by atoms with Crippen molar-refractivity contribution in [3.63, 3.8) is 0 Å². The van der Waals surface area contributed by atoms with Crippen molar-refractivity contribution in [3.8, 4) is 0 Å². The quantitative estimate of drug-likeness (QED) is 0.473. The summed E-state index contributed by atoms with van der Waals surface area (Å²) in [4.78, 5) is 11.8. The van der Waals surface area contributed by atoms with Gasteiger partial charge in [-0.1, -0.05) is 44.2 Å². The van der Waals surface area contributed by atoms with E-state index in [1.165, 1.54) is 0 Å². The van der Waals surface area contributed by atoms with Crippen molar-refractivity contribution in [2.24, 2.45) is 5.92 Å². The van der Waals surface area contributed by atoms with Gasteiger partial charge in [0.15, 0.2) is 5.25 Å². The lowest BCUT2D eigenvalue weighted by Gasteiger charge is -2.20. The molecule has 0 radical (unpaired) electrons. The summed E-state index contributed by atoms with van der Waals surface area (Å²) in [5.74, 6) is -0.789. The molecule has 2 unspecified atom stereocenters. The molecule has 0 amide bonds. The monoisotopic (exact) mass is 296 g/mol. The Kier molecular flexibility index (Phi) is 6.54. The number of esters is 1. The van der Waals surface area contributed by atoms with Gasteiger partial charge in [0.1, 0.15) is 6.61 Å². The second kappa shape index (κ2) is 7.91. The predicted molar refractivity (Wildman–Crippen MR) is 76.1 cm³/mol. The number of rotatable bonds is 7. The van der Waals surface area contributed by atoms with Crippen LogP contribution >= 0.6 is 0 Å². The third-order valence-corrected chi connectivity index (χ3v) is 3.44. The molecule has 110 valence electrons. The minimum atomic E-state index is -2.69. The van der Waals surface area contributed by atoms with Crippen LogP contribution in [0.3, 0.4) is 0 Å². The van der Waals surface area contributed by atoms with E-state index in [2.05, 4.69) is 0 Å². The molecule has 0 bridgehead atoms. The van der Waals surface area contributed by atoms with Gasteiger partial charge >= 0.3 is 5.97 Å². The van der Waals surface area contributed by atoms with Crippen LogP contribution in [-0.2, 0) is 27.2 Å². The number of benzene rings is 1. The summed E-state index contributed by atoms with van der Waals surface area (Å²) in [5, 5.41) is 6.21. The second-order valence-corrected chi connectivity index (χ2v) is 5.85. The van der Waals surface area contributed by atoms with Crippen LogP contribution in [0.1, 0.15) is 25.8 Å². The maximum Gasteiger partial charge on any atom is 0.326 e. The zero-order valence-electron chi connectivity index (χ0n) is 11.5. The molecule has 6 heteroatoms. The van der Waals surface area contributed by atoms with Crippen LogP contribution in [0, 0.1) is 11.3 Å². The van der Waals surface area contributed by atoms with Crippen LogP contribution < -0.4 is 0 Å². The summed E-state index contributed by atoms with van der Waals surface area (Å²) in [7, 11) is 0. The molecule has 0 heterocycles. The molecule has 0 spiro atoms. The summed E-state index contributed by atoms with van der Waals surface area (Å²) >= 11 is -2.69. The van der Waals surface area contributed by atoms with E-state index in [0.717, 1.165) is 5.56 Å². The molecule has 0 saturated heterocycles. The molecule has 1 aromatic rings. The van der Waals surface area contributed by atoms with Gasteiger partial charge in [0.25, 0.3) is 0 Å². The SMILES string of the molecule is CC(C)CC(=N)C(C(=O)OCc1ccccc1)S(=O)[O-]. The number of hydrogen-bond donors (Lipinski definition) is 1. The van der Waals surface area contributed by atoms with Gasteiger partial charge < -0.3 is 14.7 Å². The first-order valence-electron chi connectivity index (χ1n) is 6.27. The van der Waals surface area contributed by atoms with E-state index in [-0.39, 0.29) is 24.7 Å². The minimum absolute atomic E-state index is 0.00231. The van der Waals surface area contributed by atoms with Crippen LogP contribution in [0.5, 0.6) is 0 Å². The largest absolute Gasteiger partial charge is 0.771 e. The van der Waals surface area contributed by atoms with Gasteiger partial charge in [-0.3, -0.25) is 9.00 Å². The van der Waals surface area contributed by atoms with Crippen molar-refractivity contribution < 1.29 is 18.3 Å². The highest BCUT2D eigenvalue weighted by Gasteiger charge is 2.26. The third-order valence-electron chi connectivity index (χ3n) is 2.58. The highest BCUT2D eigenvalue weighted by atomic mass is 32.2. The molecular formula is C14H18NO4S-. The molecule has 20 heavy (non-hydrogen) atoms. The van der Waals surface area contributed by atoms with E-state index >= 15 is 0 Å². The normalized spacial score (nSPS) is 13.8. The lowest BCUT2D eigenvalue weighted by Crippen LogP contribution is -2.36. The second-order valence-electron chi connectivity index (χ2n) is 4.86. The summed E-state index contributed by atoms with van der Waals surface area (Å²) in [6.45, 7) is 3.71. The topological polar surface area (TPSA) is 90.3 Å². The number of carbonyl (C=O) groups is 1. The smallest absolute Gasteiger partial charge is 0.326 e. The Hall–Kier alpha value is -1.53. The first-order valence-corrected chi connectivity index (χ1v) is 7.41. The molecule has 1 rings (SSSR count). The van der Waals surface area contributed by atoms with Crippen LogP contribution in [0.25, 0.3) is 0 Å². The van der Waals surface area contributed by atoms with Crippen molar-refractivity contribution in [1.29, 1.82) is 5.41 Å². The van der Waals surface area contributed by atoms with E-state index < -0.39 is 22.3 Å². The van der Waals surface area contributed by atoms with Crippen molar-refractivity contribution in [2.45, 2.75) is 32.1 Å². The van der Waals surface area contributed by atoms with E-state index in [0.29, 0.717) is 0 Å². The fourth-order valence-electron chi connectivity index (χ4n) is 1.69. The molecule has 0 aliphatic heterocycles. The lowest BCUT2D eigenvalue weighted by molar-refractivity contribution is -0.143. The highest BCUT2D eigenvalue weighted by molar-refractivity contribution is 7.81. The van der Waals surface area contributed by atoms with Gasteiger partial charge in [-0.25, -0.2) is 0 Å². The molecule has 5 nitrogen and oxygen atoms in total. The minimum Gasteiger partial charge on any atom is -0.771 e. The fourth-order valence-corrected chi connectivity index (χ4v) is 2.24. The highest BCUT2D eigenvalue weighted by Crippen LogP contribution is 2.10. The Morgan fingerprint density at radius 3 is 2.45 bits per heavy atom. The standard InChI is InChI=1S/C14H19NO4S/c1-10(2)8-12(15)13(20(17)18)14(16)19-9-11-6-4-3-5-7-11/h3-7,10,13,15H,8-9H2,1-2H3,(H,17,18)/p-1. The summed E-state index contributed by atoms with van der Waals surface area (Å²) in [6.07, 6.45) is 0.249. The molecule has 2 atom stereocenters. The summed E-state index contributed by atoms with van der Waals surface area (Å²) < 4.78 is 27.2. The van der Waals surface area contributed by atoms with Gasteiger partial charge in [0, 0.05) is 5.71 Å². The molecule has 0 aliphatic rings. The Balaban J connectivity index is 2.65. The molecule has 0 fully saturated rings. The van der Waals surface area contributed by atoms with Crippen molar-refractivity contribution in [1.82, 2.24) is 0 Å². The van der Waals surface area contributed by atoms with Crippen molar-refractivity contribution in [2.75, 3.05) is 0 Å². The van der Waals surface area contributed by atoms with E-state index in [1.807, 2.05) is 19.9 Å². The Labute approximate surface area is 121 Å². The van der Waals surface area contributed by atoms with Crippen molar-refractivity contribution >= 4 is 22.8 Å². The Bertz CT molecular complexity index is 487. The molecule has 0 aliphatic carbocycles. The fraction of sp³-hybridized carbons (Fsp3) is 0.429. The van der Waals surface area contributed by atoms with Gasteiger partial charge in [0.05, 0.1) is 0 Å². The molecular weight excluding hydrogens is 278 g/mol. The van der Waals surface area contributed by atoms with Gasteiger partial charge in [-0.2, -0.15) is 0 Å². The lowest BCUT2D eigenvalue weighted by atomic mass is 10.0. The van der Waals surface area contributed by atoms with Gasteiger partial charge in [0.2, 0.25) is 0 Å². The zero-order chi connectivity index (χ0) is 15.1. The third kappa shape index (κ3) is 5.22. The van der Waals surface area contributed by atoms with E-state index in [4.69, 9.17) is 10.1 Å². The first-order chi connectivity index (χ1) is 9.41. The number of hydrogen-bond acceptors (Lipinski definition) is 5. The Morgan fingerprint density at radius 2 is 1.95 bits per heavy atom. The van der Waals surface area contributed by atoms with E-state index in [1.54, 1.807) is 24.3 Å². The number of nitrogens with one attached hydrogen (secondary N) is 1. The van der Waals surface area contributed by atoms with Crippen LogP contribution in [0.4, 0.5) is 0 Å². The zero-order valence-corrected chi connectivity index (χ0v) is 12.3. The Morgan fingerprint density at radius 1 is 1.35 bits per heavy atom. The average molecular weight is 296 g/mol. The predicted octanol–water partition coefficient (Wildman–Crippen LogP) is 2.04. The van der Waals surface area contributed by atoms with Crippen LogP contribution in [0.2, 0.25) is 0 Å². The molecule has 1 aromatic carbocycles. The maximum atomic E-state index is 11.8. The average Bonchev–Trinajstić information content (AvgIpc) is 2.36. The van der Waals surface area contributed by atoms with Gasteiger partial charge in [-0.05, 0) is 29.0 Å². The molecule has 1 N–H and O–H groups in total. The number of ether oxygens (including phenoxy) is 1. The van der Waals surface area contributed by atoms with Gasteiger partial charge in [-0.15, -0.1) is 0 Å². The van der Waals surface area contributed by atoms with Crippen molar-refractivity contribution in [3.05, 3.63) is 35.9 Å². The summed E-state index contributed by atoms with van der Waals surface area (Å²) in [5.41, 5.74) is 0.637.